The Morgan fingerprint density at radius 3 is 2.07 bits per heavy atom. The van der Waals surface area contributed by atoms with Gasteiger partial charge in [-0.25, -0.2) is 9.59 Å². The molecule has 298 valence electrons. The summed E-state index contributed by atoms with van der Waals surface area (Å²) in [6, 6.07) is 18.0. The topological polar surface area (TPSA) is 246 Å². The van der Waals surface area contributed by atoms with Gasteiger partial charge in [0.15, 0.2) is 23.2 Å². The first-order valence-corrected chi connectivity index (χ1v) is 18.6. The van der Waals surface area contributed by atoms with Gasteiger partial charge in [0.05, 0.1) is 23.7 Å². The smallest absolute Gasteiger partial charge is 0.333 e. The minimum atomic E-state index is -2.97. The molecule has 14 nitrogen and oxygen atoms in total. The van der Waals surface area contributed by atoms with E-state index in [2.05, 4.69) is 10.6 Å². The lowest BCUT2D eigenvalue weighted by atomic mass is 9.36. The second kappa shape index (κ2) is 14.7. The Bertz CT molecular complexity index is 2040. The van der Waals surface area contributed by atoms with Gasteiger partial charge < -0.3 is 46.6 Å². The van der Waals surface area contributed by atoms with Crippen LogP contribution in [0.5, 0.6) is 5.75 Å². The Hall–Kier alpha value is -5.15. The number of rotatable bonds is 9. The first kappa shape index (κ1) is 40.5. The maximum Gasteiger partial charge on any atom is 0.333 e. The average Bonchev–Trinajstić information content (AvgIpc) is 3.16. The van der Waals surface area contributed by atoms with Gasteiger partial charge in [-0.1, -0.05) is 101 Å². The van der Waals surface area contributed by atoms with Crippen LogP contribution in [0.25, 0.3) is 0 Å². The van der Waals surface area contributed by atoms with E-state index in [4.69, 9.17) is 10.5 Å². The molecule has 56 heavy (non-hydrogen) atoms. The highest BCUT2D eigenvalue weighted by Gasteiger charge is 2.80. The zero-order chi connectivity index (χ0) is 41.1. The molecule has 9 N–H and O–H groups in total. The van der Waals surface area contributed by atoms with E-state index in [1.807, 2.05) is 6.07 Å². The molecule has 0 aromatic heterocycles. The van der Waals surface area contributed by atoms with Crippen molar-refractivity contribution in [3.63, 3.8) is 0 Å². The summed E-state index contributed by atoms with van der Waals surface area (Å²) in [4.78, 5) is 69.1. The molecule has 0 bridgehead atoms. The molecule has 0 spiro atoms. The molecule has 0 radical (unpaired) electrons. The van der Waals surface area contributed by atoms with Crippen LogP contribution in [-0.2, 0) is 32.3 Å². The second-order valence-corrected chi connectivity index (χ2v) is 16.1. The quantitative estimate of drug-likeness (QED) is 0.116. The number of aliphatic hydroxyl groups excluding tert-OH is 3. The number of phenols is 1. The Labute approximate surface area is 324 Å². The Kier molecular flexibility index (Phi) is 10.7. The number of aliphatic hydroxyl groups is 4. The molecule has 11 atom stereocenters. The van der Waals surface area contributed by atoms with E-state index in [0.29, 0.717) is 5.56 Å². The van der Waals surface area contributed by atoms with Gasteiger partial charge in [0.1, 0.15) is 24.4 Å². The number of ketones is 2. The lowest BCUT2D eigenvalue weighted by Crippen LogP contribution is -2.83. The summed E-state index contributed by atoms with van der Waals surface area (Å²) >= 11 is 0. The number of nitrogens with two attached hydrogens (primary N) is 1. The number of benzene rings is 3. The van der Waals surface area contributed by atoms with E-state index in [9.17, 15) is 49.5 Å². The standard InChI is InChI=1S/C42H49N3O11/c1-20(2)29-33(48)28(36(43)51)34(49)42(55)35(50)30-32(47)27-25(46)17-16-24(26(27)21(3)40(30,4)38(53)41(29,42)5)31(37(52)56-19-23-14-10-7-11-15-23)45-39(54)44-18-22-12-8-6-9-13-22/h6-17,20-21,28-31,33,35,38,46,48,50,53,55H,18-19H2,1-5H3,(H2,43,51)(H2,44,45,54)/t21-,28?,29+,30?,31?,33?,35?,38-,40+,41+,42+/m1/s1. The molecule has 0 aliphatic heterocycles. The predicted octanol–water partition coefficient (Wildman–Crippen LogP) is 2.39. The number of hydrogen-bond acceptors (Lipinski definition) is 11. The van der Waals surface area contributed by atoms with Crippen molar-refractivity contribution in [2.75, 3.05) is 0 Å². The zero-order valence-corrected chi connectivity index (χ0v) is 31.8. The predicted molar refractivity (Wildman–Crippen MR) is 200 cm³/mol. The fraction of sp³-hybridized carbons (Fsp3) is 0.452. The highest BCUT2D eigenvalue weighted by molar-refractivity contribution is 6.09. The van der Waals surface area contributed by atoms with Crippen molar-refractivity contribution >= 4 is 29.5 Å². The van der Waals surface area contributed by atoms with Gasteiger partial charge >= 0.3 is 12.0 Å². The highest BCUT2D eigenvalue weighted by Crippen LogP contribution is 2.68. The van der Waals surface area contributed by atoms with Crippen molar-refractivity contribution in [3.8, 4) is 5.75 Å². The van der Waals surface area contributed by atoms with Gasteiger partial charge in [0, 0.05) is 17.4 Å². The molecular weight excluding hydrogens is 722 g/mol. The fourth-order valence-corrected chi connectivity index (χ4v) is 10.1. The number of amides is 3. The fourth-order valence-electron chi connectivity index (χ4n) is 10.1. The monoisotopic (exact) mass is 771 g/mol. The Morgan fingerprint density at radius 1 is 0.911 bits per heavy atom. The number of carbonyl (C=O) groups is 5. The summed E-state index contributed by atoms with van der Waals surface area (Å²) in [7, 11) is 0. The molecule has 2 fully saturated rings. The van der Waals surface area contributed by atoms with Crippen LogP contribution < -0.4 is 16.4 Å². The minimum absolute atomic E-state index is 0.0490. The van der Waals surface area contributed by atoms with Crippen molar-refractivity contribution in [1.82, 2.24) is 10.6 Å². The molecule has 14 heteroatoms. The van der Waals surface area contributed by atoms with Crippen LogP contribution in [0.15, 0.2) is 72.8 Å². The van der Waals surface area contributed by atoms with Gasteiger partial charge in [-0.05, 0) is 46.1 Å². The molecule has 3 aromatic rings. The number of carbonyl (C=O) groups excluding carboxylic acids is 5. The van der Waals surface area contributed by atoms with Crippen molar-refractivity contribution < 1.29 is 54.2 Å². The van der Waals surface area contributed by atoms with E-state index < -0.39 is 106 Å². The molecule has 3 amide bonds. The van der Waals surface area contributed by atoms with Crippen molar-refractivity contribution in [2.45, 2.75) is 83.6 Å². The number of esters is 1. The van der Waals surface area contributed by atoms with Crippen LogP contribution in [0.1, 0.15) is 79.2 Å². The third kappa shape index (κ3) is 5.97. The number of urea groups is 1. The van der Waals surface area contributed by atoms with E-state index in [0.717, 1.165) is 11.6 Å². The third-order valence-electron chi connectivity index (χ3n) is 13.0. The number of aromatic hydroxyl groups is 1. The molecule has 2 saturated carbocycles. The summed E-state index contributed by atoms with van der Waals surface area (Å²) in [5, 5.41) is 65.7. The largest absolute Gasteiger partial charge is 0.507 e. The number of phenolic OH excluding ortho intramolecular Hbond substituents is 1. The lowest BCUT2D eigenvalue weighted by Gasteiger charge is -2.69. The normalized spacial score (nSPS) is 32.7. The first-order chi connectivity index (χ1) is 26.3. The number of hydrogen-bond donors (Lipinski definition) is 8. The van der Waals surface area contributed by atoms with Crippen molar-refractivity contribution in [3.05, 3.63) is 101 Å². The van der Waals surface area contributed by atoms with Gasteiger partial charge in [0.25, 0.3) is 0 Å². The zero-order valence-electron chi connectivity index (χ0n) is 31.8. The number of Topliss-reactive ketones (excluding diaryl/α,β-unsaturated/α-hetero) is 2. The number of nitrogens with one attached hydrogen (secondary N) is 2. The molecule has 6 rings (SSSR count). The average molecular weight is 772 g/mol. The molecule has 0 heterocycles. The van der Waals surface area contributed by atoms with Gasteiger partial charge in [0.2, 0.25) is 5.91 Å². The van der Waals surface area contributed by atoms with E-state index in [-0.39, 0.29) is 29.8 Å². The summed E-state index contributed by atoms with van der Waals surface area (Å²) in [6.45, 7) is 7.68. The Morgan fingerprint density at radius 2 is 1.50 bits per heavy atom. The summed E-state index contributed by atoms with van der Waals surface area (Å²) in [5.74, 6) is -11.6. The van der Waals surface area contributed by atoms with Crippen LogP contribution >= 0.6 is 0 Å². The van der Waals surface area contributed by atoms with Crippen LogP contribution in [0.2, 0.25) is 0 Å². The van der Waals surface area contributed by atoms with Crippen molar-refractivity contribution in [1.29, 1.82) is 0 Å². The highest BCUT2D eigenvalue weighted by atomic mass is 16.5. The SMILES string of the molecule is CC(C)[C@H]1C(O)C(C(N)=O)C(=O)[C@]2(O)C(O)C3C(=O)c4c(O)ccc(C(NC(=O)NCc5ccccc5)C(=O)OCc5ccccc5)c4[C@@H](C)[C@]3(C)[C@@H](O)[C@]12C. The van der Waals surface area contributed by atoms with Crippen molar-refractivity contribution in [2.24, 2.45) is 40.2 Å². The van der Waals surface area contributed by atoms with Gasteiger partial charge in [-0.3, -0.25) is 14.4 Å². The third-order valence-corrected chi connectivity index (χ3v) is 13.0. The molecular formula is C42H49N3O11. The summed E-state index contributed by atoms with van der Waals surface area (Å²) in [6.07, 6.45) is -5.87. The number of ether oxygens (including phenoxy) is 1. The molecule has 3 aliphatic carbocycles. The number of fused-ring (bicyclic) bond motifs is 3. The minimum Gasteiger partial charge on any atom is -0.507 e. The lowest BCUT2D eigenvalue weighted by molar-refractivity contribution is -0.306. The van der Waals surface area contributed by atoms with E-state index in [1.54, 1.807) is 75.4 Å². The van der Waals surface area contributed by atoms with Crippen LogP contribution in [-0.4, -0.2) is 78.9 Å². The second-order valence-electron chi connectivity index (χ2n) is 16.1. The van der Waals surface area contributed by atoms with Gasteiger partial charge in [-0.15, -0.1) is 0 Å². The number of primary amides is 1. The van der Waals surface area contributed by atoms with E-state index in [1.165, 1.54) is 19.9 Å². The van der Waals surface area contributed by atoms with E-state index >= 15 is 0 Å². The maximum absolute atomic E-state index is 14.8. The first-order valence-electron chi connectivity index (χ1n) is 18.6. The molecule has 0 saturated heterocycles. The van der Waals surface area contributed by atoms with Gasteiger partial charge in [-0.2, -0.15) is 0 Å². The molecule has 3 aromatic carbocycles. The Balaban J connectivity index is 1.49. The molecule has 3 aliphatic rings. The maximum atomic E-state index is 14.8. The van der Waals surface area contributed by atoms with Crippen LogP contribution in [0.3, 0.4) is 0 Å². The summed E-state index contributed by atoms with van der Waals surface area (Å²) < 4.78 is 5.70. The van der Waals surface area contributed by atoms with Crippen LogP contribution in [0, 0.1) is 34.5 Å². The van der Waals surface area contributed by atoms with Crippen LogP contribution in [0.4, 0.5) is 4.79 Å². The summed E-state index contributed by atoms with van der Waals surface area (Å²) in [5.41, 5.74) is -0.0834. The molecule has 5 unspecified atom stereocenters.